The van der Waals surface area contributed by atoms with Crippen LogP contribution in [0.5, 0.6) is 0 Å². The molecule has 0 aliphatic rings. The van der Waals surface area contributed by atoms with Crippen LogP contribution in [0.2, 0.25) is 0 Å². The van der Waals surface area contributed by atoms with E-state index in [-0.39, 0.29) is 11.4 Å². The fourth-order valence-electron chi connectivity index (χ4n) is 1.28. The number of hydrogen-bond acceptors (Lipinski definition) is 4. The fraction of sp³-hybridized carbons (Fsp3) is 0. The molecule has 15 heavy (non-hydrogen) atoms. The normalized spacial score (nSPS) is 10.4. The van der Waals surface area contributed by atoms with Crippen molar-refractivity contribution in [2.24, 2.45) is 0 Å². The highest BCUT2D eigenvalue weighted by atomic mass is 16.6. The first-order valence-corrected chi connectivity index (χ1v) is 3.95. The monoisotopic (exact) mass is 207 g/mol. The lowest BCUT2D eigenvalue weighted by molar-refractivity contribution is -0.387. The molecule has 0 atom stereocenters. The molecule has 1 aromatic carbocycles. The topological polar surface area (TPSA) is 109 Å². The summed E-state index contributed by atoms with van der Waals surface area (Å²) in [6.45, 7) is 0. The Labute approximate surface area is 82.5 Å². The second-order valence-electron chi connectivity index (χ2n) is 2.87. The molecule has 0 aliphatic carbocycles. The molecule has 0 saturated heterocycles. The van der Waals surface area contributed by atoms with E-state index in [0.717, 1.165) is 0 Å². The minimum atomic E-state index is -1.09. The molecule has 7 nitrogen and oxygen atoms in total. The van der Waals surface area contributed by atoms with Crippen LogP contribution in [0.25, 0.3) is 10.9 Å². The highest BCUT2D eigenvalue weighted by Crippen LogP contribution is 2.22. The zero-order valence-electron chi connectivity index (χ0n) is 7.30. The Hall–Kier alpha value is -2.44. The molecule has 0 radical (unpaired) electrons. The van der Waals surface area contributed by atoms with Gasteiger partial charge in [-0.25, -0.2) is 4.79 Å². The Morgan fingerprint density at radius 1 is 1.53 bits per heavy atom. The number of H-pyrrole nitrogens is 1. The van der Waals surface area contributed by atoms with Gasteiger partial charge in [-0.3, -0.25) is 0 Å². The number of carbonyl (C=O) groups is 1. The van der Waals surface area contributed by atoms with Crippen LogP contribution in [0.3, 0.4) is 0 Å². The Morgan fingerprint density at radius 3 is 2.87 bits per heavy atom. The maximum atomic E-state index is 10.6. The third-order valence-electron chi connectivity index (χ3n) is 1.96. The number of carboxylic acid groups (broad SMARTS) is 1. The summed E-state index contributed by atoms with van der Waals surface area (Å²) >= 11 is 0. The molecule has 1 aromatic heterocycles. The predicted octanol–water partition coefficient (Wildman–Crippen LogP) is 1.17. The second kappa shape index (κ2) is 3.05. The summed E-state index contributed by atoms with van der Waals surface area (Å²) in [5.74, 6) is -1.39. The van der Waals surface area contributed by atoms with Crippen LogP contribution in [0, 0.1) is 10.1 Å². The van der Waals surface area contributed by atoms with Crippen molar-refractivity contribution in [3.05, 3.63) is 33.9 Å². The Bertz CT molecular complexity index is 560. The van der Waals surface area contributed by atoms with Gasteiger partial charge in [-0.15, -0.1) is 0 Å². The molecule has 0 amide bonds. The summed E-state index contributed by atoms with van der Waals surface area (Å²) in [4.78, 5) is 20.5. The van der Waals surface area contributed by atoms with Crippen molar-refractivity contribution in [2.45, 2.75) is 0 Å². The van der Waals surface area contributed by atoms with Crippen LogP contribution >= 0.6 is 0 Å². The van der Waals surface area contributed by atoms with Crippen molar-refractivity contribution in [3.63, 3.8) is 0 Å². The van der Waals surface area contributed by atoms with Gasteiger partial charge in [0, 0.05) is 0 Å². The molecule has 7 heteroatoms. The average Bonchev–Trinajstić information content (AvgIpc) is 2.59. The van der Waals surface area contributed by atoms with E-state index in [1.54, 1.807) is 0 Å². The Kier molecular flexibility index (Phi) is 1.86. The zero-order valence-corrected chi connectivity index (χ0v) is 7.30. The van der Waals surface area contributed by atoms with Gasteiger partial charge in [-0.2, -0.15) is 5.10 Å². The number of hydrogen-bond donors (Lipinski definition) is 2. The molecule has 1 heterocycles. The molecule has 0 fully saturated rings. The second-order valence-corrected chi connectivity index (χ2v) is 2.87. The van der Waals surface area contributed by atoms with Crippen molar-refractivity contribution >= 4 is 22.7 Å². The first kappa shape index (κ1) is 9.13. The first-order valence-electron chi connectivity index (χ1n) is 3.95. The summed E-state index contributed by atoms with van der Waals surface area (Å²) < 4.78 is 0. The van der Waals surface area contributed by atoms with Gasteiger partial charge in [0.1, 0.15) is 5.39 Å². The molecule has 0 saturated carbocycles. The van der Waals surface area contributed by atoms with E-state index in [2.05, 4.69) is 10.2 Å². The number of carboxylic acids is 1. The number of aromatic amines is 1. The Morgan fingerprint density at radius 2 is 2.27 bits per heavy atom. The maximum absolute atomic E-state index is 10.6. The summed E-state index contributed by atoms with van der Waals surface area (Å²) in [6, 6.07) is 3.96. The average molecular weight is 207 g/mol. The summed E-state index contributed by atoms with van der Waals surface area (Å²) in [7, 11) is 0. The van der Waals surface area contributed by atoms with Crippen LogP contribution in [-0.4, -0.2) is 26.2 Å². The summed E-state index contributed by atoms with van der Waals surface area (Å²) in [5, 5.41) is 25.4. The van der Waals surface area contributed by atoms with E-state index in [0.29, 0.717) is 10.9 Å². The van der Waals surface area contributed by atoms with E-state index < -0.39 is 10.9 Å². The SMILES string of the molecule is O=C(O)c1ccc2c([N+](=O)[O-])n[nH]c2c1. The third-order valence-corrected chi connectivity index (χ3v) is 1.96. The number of nitrogens with zero attached hydrogens (tertiary/aromatic N) is 2. The lowest BCUT2D eigenvalue weighted by Crippen LogP contribution is -1.95. The lowest BCUT2D eigenvalue weighted by Gasteiger charge is -1.92. The van der Waals surface area contributed by atoms with E-state index in [9.17, 15) is 14.9 Å². The molecular formula is C8H5N3O4. The van der Waals surface area contributed by atoms with Gasteiger partial charge in [0.2, 0.25) is 0 Å². The molecule has 0 aliphatic heterocycles. The molecule has 2 aromatic rings. The molecule has 0 spiro atoms. The largest absolute Gasteiger partial charge is 0.478 e. The van der Waals surface area contributed by atoms with Gasteiger partial charge < -0.3 is 15.2 Å². The molecule has 76 valence electrons. The lowest BCUT2D eigenvalue weighted by atomic mass is 10.1. The van der Waals surface area contributed by atoms with Gasteiger partial charge in [-0.1, -0.05) is 0 Å². The van der Waals surface area contributed by atoms with Crippen LogP contribution in [0.1, 0.15) is 10.4 Å². The molecular weight excluding hydrogens is 202 g/mol. The van der Waals surface area contributed by atoms with Gasteiger partial charge in [0.25, 0.3) is 0 Å². The van der Waals surface area contributed by atoms with E-state index >= 15 is 0 Å². The smallest absolute Gasteiger partial charge is 0.397 e. The number of fused-ring (bicyclic) bond motifs is 1. The standard InChI is InChI=1S/C8H5N3O4/c12-8(13)4-1-2-5-6(3-4)9-10-7(5)11(14)15/h1-3H,(H,9,10)(H,12,13). The highest BCUT2D eigenvalue weighted by molar-refractivity contribution is 5.95. The van der Waals surface area contributed by atoms with Crippen LogP contribution < -0.4 is 0 Å². The first-order chi connectivity index (χ1) is 7.09. The quantitative estimate of drug-likeness (QED) is 0.567. The van der Waals surface area contributed by atoms with Gasteiger partial charge in [-0.05, 0) is 23.1 Å². The highest BCUT2D eigenvalue weighted by Gasteiger charge is 2.17. The van der Waals surface area contributed by atoms with Crippen LogP contribution in [0.4, 0.5) is 5.82 Å². The third kappa shape index (κ3) is 1.39. The molecule has 2 rings (SSSR count). The minimum Gasteiger partial charge on any atom is -0.478 e. The van der Waals surface area contributed by atoms with E-state index in [1.807, 2.05) is 0 Å². The zero-order chi connectivity index (χ0) is 11.0. The van der Waals surface area contributed by atoms with Gasteiger partial charge >= 0.3 is 11.8 Å². The van der Waals surface area contributed by atoms with Crippen molar-refractivity contribution in [1.82, 2.24) is 10.2 Å². The van der Waals surface area contributed by atoms with Crippen LogP contribution in [-0.2, 0) is 0 Å². The Balaban J connectivity index is 2.66. The van der Waals surface area contributed by atoms with Gasteiger partial charge in [0.15, 0.2) is 0 Å². The molecule has 2 N–H and O–H groups in total. The number of aromatic carboxylic acids is 1. The van der Waals surface area contributed by atoms with Gasteiger partial charge in [0.05, 0.1) is 16.2 Å². The number of aromatic nitrogens is 2. The number of nitro groups is 1. The number of nitrogens with one attached hydrogen (secondary N) is 1. The summed E-state index contributed by atoms with van der Waals surface area (Å²) in [6.07, 6.45) is 0. The molecule has 0 bridgehead atoms. The minimum absolute atomic E-state index is 0.0565. The maximum Gasteiger partial charge on any atom is 0.397 e. The summed E-state index contributed by atoms with van der Waals surface area (Å²) in [5.41, 5.74) is 0.391. The van der Waals surface area contributed by atoms with E-state index in [4.69, 9.17) is 5.11 Å². The van der Waals surface area contributed by atoms with E-state index in [1.165, 1.54) is 18.2 Å². The predicted molar refractivity (Wildman–Crippen MR) is 49.7 cm³/mol. The number of benzene rings is 1. The molecule has 0 unspecified atom stereocenters. The van der Waals surface area contributed by atoms with Crippen molar-refractivity contribution in [1.29, 1.82) is 0 Å². The van der Waals surface area contributed by atoms with Crippen molar-refractivity contribution in [3.8, 4) is 0 Å². The van der Waals surface area contributed by atoms with Crippen molar-refractivity contribution in [2.75, 3.05) is 0 Å². The number of rotatable bonds is 2. The fourth-order valence-corrected chi connectivity index (χ4v) is 1.28. The van der Waals surface area contributed by atoms with Crippen LogP contribution in [0.15, 0.2) is 18.2 Å². The van der Waals surface area contributed by atoms with Crippen molar-refractivity contribution < 1.29 is 14.8 Å².